The average Bonchev–Trinajstić information content (AvgIpc) is 1.66. The largest absolute Gasteiger partial charge is 0.497 e. The summed E-state index contributed by atoms with van der Waals surface area (Å²) in [6.45, 7) is 22.3. The fourth-order valence-corrected chi connectivity index (χ4v) is 10.3. The summed E-state index contributed by atoms with van der Waals surface area (Å²) in [5, 5.41) is 58.3. The molecule has 28 nitrogen and oxygen atoms in total. The van der Waals surface area contributed by atoms with Gasteiger partial charge < -0.3 is 91.1 Å². The van der Waals surface area contributed by atoms with Gasteiger partial charge in [0.15, 0.2) is 20.0 Å². The van der Waals surface area contributed by atoms with Gasteiger partial charge in [-0.25, -0.2) is 38.7 Å². The second kappa shape index (κ2) is 35.4. The number of methoxy groups -OCH3 is 2. The van der Waals surface area contributed by atoms with E-state index in [2.05, 4.69) is 85.0 Å². The number of carbonyl (C=O) groups excluding carboxylic acids is 4. The van der Waals surface area contributed by atoms with E-state index in [0.717, 1.165) is 0 Å². The lowest BCUT2D eigenvalue weighted by Gasteiger charge is -2.36. The maximum Gasteiger partial charge on any atom is 0.290 e. The van der Waals surface area contributed by atoms with Crippen LogP contribution in [0.5, 0.6) is 11.5 Å². The molecule has 0 bridgehead atoms. The van der Waals surface area contributed by atoms with Crippen LogP contribution >= 0.6 is 23.2 Å². The monoisotopic (exact) mass is 1390 g/mol. The van der Waals surface area contributed by atoms with Gasteiger partial charge >= 0.3 is 0 Å². The van der Waals surface area contributed by atoms with Crippen molar-refractivity contribution in [2.45, 2.75) is 142 Å². The third-order valence-electron chi connectivity index (χ3n) is 15.4. The van der Waals surface area contributed by atoms with Crippen molar-refractivity contribution < 1.29 is 67.4 Å². The first-order chi connectivity index (χ1) is 44.7. The Morgan fingerprint density at radius 1 is 0.611 bits per heavy atom. The fourth-order valence-electron chi connectivity index (χ4n) is 8.84. The van der Waals surface area contributed by atoms with E-state index in [4.69, 9.17) is 53.7 Å². The molecule has 2 aliphatic rings. The Morgan fingerprint density at radius 3 is 1.31 bits per heavy atom. The predicted octanol–water partition coefficient (Wildman–Crippen LogP) is 4.94. The standard InChI is InChI=1S/2C25H29ClFN7O5.C9H23NOSi.C3H9NO/c2*1-13(11-35)29-25-28-9-18(26)21(32-25)19-10-33-4-5-34(24(38)22(33)30-19)14(2)23(37)31-20(12-36)15-6-16(27)8-17(7-15)39-3;1-8(10)7-11-12(5,6)9(2,3)4;1-3(4)2-5/h2*6-10,13-14,20,35-36H,4-5,11-12H2,1-3H3,(H,31,37)(H,28,29,32);8H,7,10H2,1-6H3;3,5H,2,4H2,1H3/t13-,14+,20+;13-,14-,20+;8-;3-/m0000/s1. The van der Waals surface area contributed by atoms with Crippen LogP contribution < -0.4 is 42.2 Å². The third-order valence-corrected chi connectivity index (χ3v) is 20.5. The number of anilines is 2. The highest BCUT2D eigenvalue weighted by molar-refractivity contribution is 6.74. The molecule has 95 heavy (non-hydrogen) atoms. The van der Waals surface area contributed by atoms with E-state index in [1.807, 2.05) is 6.92 Å². The second-order valence-electron chi connectivity index (χ2n) is 24.4. The fraction of sp³-hybridized carbons (Fsp3) is 0.516. The minimum atomic E-state index is -1.55. The number of nitrogens with one attached hydrogen (secondary N) is 4. The summed E-state index contributed by atoms with van der Waals surface area (Å²) in [5.41, 5.74) is 12.6. The highest BCUT2D eigenvalue weighted by atomic mass is 35.5. The number of amides is 4. The van der Waals surface area contributed by atoms with E-state index in [1.165, 1.54) is 72.8 Å². The third kappa shape index (κ3) is 21.5. The molecule has 6 heterocycles. The Labute approximate surface area is 562 Å². The van der Waals surface area contributed by atoms with Gasteiger partial charge in [0, 0.05) is 81.5 Å². The molecular formula is C62H90Cl2F2N16O12Si. The Balaban J connectivity index is 0.000000277. The number of halogens is 4. The number of imidazole rings is 2. The molecule has 0 saturated carbocycles. The molecule has 522 valence electrons. The molecule has 0 fully saturated rings. The van der Waals surface area contributed by atoms with Gasteiger partial charge in [-0.05, 0) is 95.1 Å². The molecule has 4 amide bonds. The number of aliphatic hydroxyl groups is 5. The minimum absolute atomic E-state index is 0.0602. The molecule has 6 aromatic rings. The highest BCUT2D eigenvalue weighted by Gasteiger charge is 2.38. The number of aromatic nitrogens is 8. The first-order valence-electron chi connectivity index (χ1n) is 30.6. The molecule has 0 saturated heterocycles. The molecule has 8 rings (SSSR count). The van der Waals surface area contributed by atoms with E-state index < -0.39 is 81.0 Å². The minimum Gasteiger partial charge on any atom is -0.497 e. The Bertz CT molecular complexity index is 3340. The quantitative estimate of drug-likeness (QED) is 0.0358. The van der Waals surface area contributed by atoms with Crippen LogP contribution in [0.2, 0.25) is 28.2 Å². The van der Waals surface area contributed by atoms with Crippen LogP contribution in [-0.4, -0.2) is 210 Å². The number of hydrogen-bond donors (Lipinski definition) is 11. The molecule has 0 radical (unpaired) electrons. The van der Waals surface area contributed by atoms with Gasteiger partial charge in [-0.1, -0.05) is 44.0 Å². The van der Waals surface area contributed by atoms with E-state index in [1.54, 1.807) is 56.1 Å². The van der Waals surface area contributed by atoms with Crippen LogP contribution in [0.25, 0.3) is 22.8 Å². The zero-order valence-electron chi connectivity index (χ0n) is 55.7. The van der Waals surface area contributed by atoms with Crippen LogP contribution in [0.3, 0.4) is 0 Å². The second-order valence-corrected chi connectivity index (χ2v) is 30.0. The van der Waals surface area contributed by atoms with Gasteiger partial charge in [0.25, 0.3) is 11.8 Å². The molecule has 2 aromatic carbocycles. The van der Waals surface area contributed by atoms with Crippen LogP contribution in [0.1, 0.15) is 107 Å². The molecule has 0 unspecified atom stereocenters. The Morgan fingerprint density at radius 2 is 0.989 bits per heavy atom. The molecule has 4 aromatic heterocycles. The summed E-state index contributed by atoms with van der Waals surface area (Å²) in [4.78, 5) is 81.4. The van der Waals surface area contributed by atoms with Gasteiger partial charge in [-0.15, -0.1) is 0 Å². The lowest BCUT2D eigenvalue weighted by molar-refractivity contribution is -0.127. The first-order valence-corrected chi connectivity index (χ1v) is 34.2. The zero-order chi connectivity index (χ0) is 70.8. The van der Waals surface area contributed by atoms with E-state index in [-0.39, 0.29) is 102 Å². The van der Waals surface area contributed by atoms with Crippen molar-refractivity contribution >= 4 is 67.0 Å². The van der Waals surface area contributed by atoms with Crippen molar-refractivity contribution in [1.82, 2.24) is 59.5 Å². The van der Waals surface area contributed by atoms with Crippen molar-refractivity contribution in [3.8, 4) is 34.3 Å². The molecule has 2 aliphatic heterocycles. The van der Waals surface area contributed by atoms with Crippen LogP contribution in [0.15, 0.2) is 61.2 Å². The van der Waals surface area contributed by atoms with Gasteiger partial charge in [0.05, 0.1) is 81.8 Å². The lowest BCUT2D eigenvalue weighted by Crippen LogP contribution is -2.52. The molecule has 8 atom stereocenters. The van der Waals surface area contributed by atoms with Crippen molar-refractivity contribution in [3.63, 3.8) is 0 Å². The van der Waals surface area contributed by atoms with Crippen molar-refractivity contribution in [1.29, 1.82) is 0 Å². The van der Waals surface area contributed by atoms with Gasteiger partial charge in [0.1, 0.15) is 58.0 Å². The van der Waals surface area contributed by atoms with Crippen molar-refractivity contribution in [2.24, 2.45) is 11.5 Å². The summed E-state index contributed by atoms with van der Waals surface area (Å²) in [6.07, 6.45) is 6.12. The van der Waals surface area contributed by atoms with Crippen LogP contribution in [-0.2, 0) is 27.1 Å². The number of nitrogens with zero attached hydrogens (tertiary/aromatic N) is 10. The maximum absolute atomic E-state index is 14.0. The van der Waals surface area contributed by atoms with Gasteiger partial charge in [0.2, 0.25) is 23.7 Å². The van der Waals surface area contributed by atoms with E-state index in [9.17, 15) is 48.4 Å². The highest BCUT2D eigenvalue weighted by Crippen LogP contribution is 2.37. The Hall–Kier alpha value is -7.56. The smallest absolute Gasteiger partial charge is 0.290 e. The van der Waals surface area contributed by atoms with E-state index in [0.29, 0.717) is 58.6 Å². The number of aliphatic hydroxyl groups excluding tert-OH is 5. The first kappa shape index (κ1) is 78.1. The lowest BCUT2D eigenvalue weighted by atomic mass is 10.1. The van der Waals surface area contributed by atoms with Crippen molar-refractivity contribution in [2.75, 3.05) is 77.6 Å². The van der Waals surface area contributed by atoms with E-state index >= 15 is 0 Å². The number of rotatable bonds is 24. The predicted molar refractivity (Wildman–Crippen MR) is 357 cm³/mol. The molecular weight excluding hydrogens is 1300 g/mol. The maximum atomic E-state index is 14.0. The zero-order valence-corrected chi connectivity index (χ0v) is 58.2. The number of benzene rings is 2. The van der Waals surface area contributed by atoms with Gasteiger partial charge in [-0.2, -0.15) is 0 Å². The number of nitrogens with two attached hydrogens (primary N) is 2. The van der Waals surface area contributed by atoms with Crippen LogP contribution in [0, 0.1) is 11.6 Å². The summed E-state index contributed by atoms with van der Waals surface area (Å²) >= 11 is 12.6. The molecule has 13 N–H and O–H groups in total. The summed E-state index contributed by atoms with van der Waals surface area (Å²) in [6, 6.07) is 3.69. The average molecular weight is 1390 g/mol. The van der Waals surface area contributed by atoms with Crippen molar-refractivity contribution in [3.05, 3.63) is 106 Å². The topological polar surface area (TPSA) is 391 Å². The number of fused-ring (bicyclic) bond motifs is 2. The summed E-state index contributed by atoms with van der Waals surface area (Å²) in [7, 11) is 1.22. The van der Waals surface area contributed by atoms with Crippen LogP contribution in [0.4, 0.5) is 20.7 Å². The number of carbonyl (C=O) groups is 4. The molecule has 0 aliphatic carbocycles. The SMILES string of the molecule is COc1cc(F)cc([C@@H](CO)NC(=O)[C@@H](C)N2CCn3cc(-c4nc(N[C@@H](C)CO)ncc4Cl)nc3C2=O)c1.COc1cc(F)cc([C@@H](CO)NC(=O)[C@H](C)N2CCn3cc(-c4nc(N[C@@H](C)CO)ncc4Cl)nc3C2=O)c1.C[C@H](N)CO.C[C@H](N)CO[Si](C)(C)C(C)(C)C. The number of ether oxygens (including phenoxy) is 2. The Kier molecular flexibility index (Phi) is 29.1. The number of hydrogen-bond acceptors (Lipinski definition) is 22. The summed E-state index contributed by atoms with van der Waals surface area (Å²) < 4.78 is 47.3. The summed E-state index contributed by atoms with van der Waals surface area (Å²) in [5.74, 6) is -1.96. The van der Waals surface area contributed by atoms with Gasteiger partial charge in [-0.3, -0.25) is 19.2 Å². The molecule has 0 spiro atoms. The normalized spacial score (nSPS) is 15.5. The molecule has 33 heteroatoms.